The number of amides is 1. The molecule has 0 saturated carbocycles. The Morgan fingerprint density at radius 1 is 1.22 bits per heavy atom. The highest BCUT2D eigenvalue weighted by molar-refractivity contribution is 7.89. The summed E-state index contributed by atoms with van der Waals surface area (Å²) < 4.78 is 26.7. The van der Waals surface area contributed by atoms with Crippen LogP contribution in [-0.2, 0) is 14.8 Å². The number of benzene rings is 1. The van der Waals surface area contributed by atoms with Gasteiger partial charge in [-0.1, -0.05) is 19.9 Å². The van der Waals surface area contributed by atoms with Gasteiger partial charge in [0.1, 0.15) is 0 Å². The number of non-ortho nitro benzene ring substituents is 1. The standard InChI is InChI=1S/C17H26N4O5S/c1-3-14(4-2)18-17(22)13-19-8-10-20(11-9-19)27(25,26)16-7-5-6-15(12-16)21(23)24/h5-7,12,14H,3-4,8-11,13H2,1-2H3,(H,18,22). The molecule has 0 spiro atoms. The molecule has 1 heterocycles. The van der Waals surface area contributed by atoms with Crippen LogP contribution in [0.25, 0.3) is 0 Å². The number of carbonyl (C=O) groups is 1. The number of nitro groups is 1. The van der Waals surface area contributed by atoms with Crippen LogP contribution in [0.2, 0.25) is 0 Å². The van der Waals surface area contributed by atoms with E-state index in [1.807, 2.05) is 18.7 Å². The first-order valence-electron chi connectivity index (χ1n) is 9.04. The van der Waals surface area contributed by atoms with Gasteiger partial charge in [0.25, 0.3) is 5.69 Å². The zero-order valence-corrected chi connectivity index (χ0v) is 16.4. The third-order valence-corrected chi connectivity index (χ3v) is 6.61. The predicted molar refractivity (Wildman–Crippen MR) is 101 cm³/mol. The molecule has 0 aliphatic carbocycles. The van der Waals surface area contributed by atoms with Crippen molar-refractivity contribution in [3.8, 4) is 0 Å². The number of hydrogen-bond acceptors (Lipinski definition) is 6. The Balaban J connectivity index is 1.95. The van der Waals surface area contributed by atoms with Crippen molar-refractivity contribution in [2.45, 2.75) is 37.6 Å². The Kier molecular flexibility index (Phi) is 7.28. The molecule has 0 unspecified atom stereocenters. The average Bonchev–Trinajstić information content (AvgIpc) is 2.66. The molecule has 1 aromatic carbocycles. The van der Waals surface area contributed by atoms with Crippen molar-refractivity contribution < 1.29 is 18.1 Å². The largest absolute Gasteiger partial charge is 0.352 e. The molecule has 150 valence electrons. The Morgan fingerprint density at radius 3 is 2.41 bits per heavy atom. The lowest BCUT2D eigenvalue weighted by Crippen LogP contribution is -2.51. The summed E-state index contributed by atoms with van der Waals surface area (Å²) in [4.78, 5) is 24.2. The van der Waals surface area contributed by atoms with Crippen molar-refractivity contribution in [2.24, 2.45) is 0 Å². The maximum absolute atomic E-state index is 12.7. The lowest BCUT2D eigenvalue weighted by molar-refractivity contribution is -0.385. The maximum Gasteiger partial charge on any atom is 0.270 e. The minimum absolute atomic E-state index is 0.0568. The van der Waals surface area contributed by atoms with Gasteiger partial charge in [-0.3, -0.25) is 19.8 Å². The number of piperazine rings is 1. The van der Waals surface area contributed by atoms with Crippen LogP contribution in [0.15, 0.2) is 29.2 Å². The number of sulfonamides is 1. The van der Waals surface area contributed by atoms with E-state index in [0.29, 0.717) is 13.1 Å². The monoisotopic (exact) mass is 398 g/mol. The summed E-state index contributed by atoms with van der Waals surface area (Å²) in [6.45, 7) is 5.63. The van der Waals surface area contributed by atoms with Crippen LogP contribution in [0, 0.1) is 10.1 Å². The van der Waals surface area contributed by atoms with Gasteiger partial charge in [-0.25, -0.2) is 8.42 Å². The highest BCUT2D eigenvalue weighted by Crippen LogP contribution is 2.22. The Hall–Kier alpha value is -2.04. The predicted octanol–water partition coefficient (Wildman–Crippen LogP) is 1.21. The quantitative estimate of drug-likeness (QED) is 0.520. The van der Waals surface area contributed by atoms with Gasteiger partial charge < -0.3 is 5.32 Å². The molecule has 27 heavy (non-hydrogen) atoms. The van der Waals surface area contributed by atoms with E-state index in [4.69, 9.17) is 0 Å². The summed E-state index contributed by atoms with van der Waals surface area (Å²) in [5.74, 6) is -0.0568. The van der Waals surface area contributed by atoms with E-state index in [2.05, 4.69) is 5.32 Å². The second-order valence-electron chi connectivity index (χ2n) is 6.52. The zero-order valence-electron chi connectivity index (χ0n) is 15.6. The fourth-order valence-corrected chi connectivity index (χ4v) is 4.47. The Bertz CT molecular complexity index is 771. The van der Waals surface area contributed by atoms with Gasteiger partial charge in [-0.05, 0) is 18.9 Å². The van der Waals surface area contributed by atoms with Gasteiger partial charge in [0.15, 0.2) is 0 Å². The lowest BCUT2D eigenvalue weighted by Gasteiger charge is -2.33. The first-order valence-corrected chi connectivity index (χ1v) is 10.5. The molecule has 1 saturated heterocycles. The fraction of sp³-hybridized carbons (Fsp3) is 0.588. The highest BCUT2D eigenvalue weighted by Gasteiger charge is 2.30. The van der Waals surface area contributed by atoms with Crippen molar-refractivity contribution in [1.29, 1.82) is 0 Å². The van der Waals surface area contributed by atoms with E-state index in [-0.39, 0.29) is 42.2 Å². The summed E-state index contributed by atoms with van der Waals surface area (Å²) in [5, 5.41) is 13.8. The SMILES string of the molecule is CCC(CC)NC(=O)CN1CCN(S(=O)(=O)c2cccc([N+](=O)[O-])c2)CC1. The molecular formula is C17H26N4O5S. The summed E-state index contributed by atoms with van der Waals surface area (Å²) in [5.41, 5.74) is -0.257. The van der Waals surface area contributed by atoms with Gasteiger partial charge >= 0.3 is 0 Å². The first kappa shape index (κ1) is 21.3. The molecule has 0 bridgehead atoms. The summed E-state index contributed by atoms with van der Waals surface area (Å²) in [7, 11) is -3.80. The Morgan fingerprint density at radius 2 is 1.85 bits per heavy atom. The van der Waals surface area contributed by atoms with Crippen molar-refractivity contribution in [3.05, 3.63) is 34.4 Å². The normalized spacial score (nSPS) is 16.4. The summed E-state index contributed by atoms with van der Waals surface area (Å²) in [6.07, 6.45) is 1.74. The molecular weight excluding hydrogens is 372 g/mol. The minimum atomic E-state index is -3.80. The van der Waals surface area contributed by atoms with Crippen LogP contribution >= 0.6 is 0 Å². The smallest absolute Gasteiger partial charge is 0.270 e. The number of hydrogen-bond donors (Lipinski definition) is 1. The van der Waals surface area contributed by atoms with Gasteiger partial charge in [0.2, 0.25) is 15.9 Å². The molecule has 1 amide bonds. The number of rotatable bonds is 8. The molecule has 1 N–H and O–H groups in total. The third kappa shape index (κ3) is 5.47. The minimum Gasteiger partial charge on any atom is -0.352 e. The average molecular weight is 398 g/mol. The van der Waals surface area contributed by atoms with E-state index in [1.54, 1.807) is 0 Å². The second kappa shape index (κ2) is 9.25. The van der Waals surface area contributed by atoms with E-state index >= 15 is 0 Å². The topological polar surface area (TPSA) is 113 Å². The Labute approximate surface area is 159 Å². The van der Waals surface area contributed by atoms with E-state index in [0.717, 1.165) is 18.9 Å². The highest BCUT2D eigenvalue weighted by atomic mass is 32.2. The van der Waals surface area contributed by atoms with Crippen molar-refractivity contribution in [3.63, 3.8) is 0 Å². The number of nitrogens with zero attached hydrogens (tertiary/aromatic N) is 3. The van der Waals surface area contributed by atoms with Gasteiger partial charge in [-0.15, -0.1) is 0 Å². The number of nitrogens with one attached hydrogen (secondary N) is 1. The molecule has 1 aromatic rings. The van der Waals surface area contributed by atoms with Crippen LogP contribution in [-0.4, -0.2) is 67.2 Å². The molecule has 1 fully saturated rings. The molecule has 2 rings (SSSR count). The summed E-state index contributed by atoms with van der Waals surface area (Å²) in [6, 6.07) is 5.22. The van der Waals surface area contributed by atoms with Gasteiger partial charge in [-0.2, -0.15) is 4.31 Å². The van der Waals surface area contributed by atoms with Crippen molar-refractivity contribution in [1.82, 2.24) is 14.5 Å². The van der Waals surface area contributed by atoms with Crippen LogP contribution < -0.4 is 5.32 Å². The van der Waals surface area contributed by atoms with Crippen LogP contribution in [0.1, 0.15) is 26.7 Å². The van der Waals surface area contributed by atoms with E-state index < -0.39 is 14.9 Å². The molecule has 1 aliphatic rings. The zero-order chi connectivity index (χ0) is 20.0. The number of nitro benzene ring substituents is 1. The van der Waals surface area contributed by atoms with E-state index in [9.17, 15) is 23.3 Å². The molecule has 1 aliphatic heterocycles. The molecule has 9 nitrogen and oxygen atoms in total. The van der Waals surface area contributed by atoms with E-state index in [1.165, 1.54) is 22.5 Å². The molecule has 0 radical (unpaired) electrons. The lowest BCUT2D eigenvalue weighted by atomic mass is 10.2. The van der Waals surface area contributed by atoms with Gasteiger partial charge in [0.05, 0.1) is 16.4 Å². The molecule has 0 atom stereocenters. The third-order valence-electron chi connectivity index (χ3n) is 4.72. The molecule has 10 heteroatoms. The summed E-state index contributed by atoms with van der Waals surface area (Å²) >= 11 is 0. The van der Waals surface area contributed by atoms with Crippen LogP contribution in [0.4, 0.5) is 5.69 Å². The molecule has 0 aromatic heterocycles. The van der Waals surface area contributed by atoms with Gasteiger partial charge in [0, 0.05) is 44.4 Å². The van der Waals surface area contributed by atoms with Crippen LogP contribution in [0.3, 0.4) is 0 Å². The van der Waals surface area contributed by atoms with Crippen molar-refractivity contribution in [2.75, 3.05) is 32.7 Å². The maximum atomic E-state index is 12.7. The van der Waals surface area contributed by atoms with Crippen molar-refractivity contribution >= 4 is 21.6 Å². The first-order chi connectivity index (χ1) is 12.8. The fourth-order valence-electron chi connectivity index (χ4n) is 3.00. The number of carbonyl (C=O) groups excluding carboxylic acids is 1. The van der Waals surface area contributed by atoms with Crippen LogP contribution in [0.5, 0.6) is 0 Å². The second-order valence-corrected chi connectivity index (χ2v) is 8.45.